The molecular weight excluding hydrogens is 437 g/mol. The highest BCUT2D eigenvalue weighted by Crippen LogP contribution is 2.34. The van der Waals surface area contributed by atoms with Crippen molar-refractivity contribution in [2.45, 2.75) is 44.4 Å². The van der Waals surface area contributed by atoms with Gasteiger partial charge in [-0.25, -0.2) is 9.97 Å². The number of aromatic nitrogens is 2. The summed E-state index contributed by atoms with van der Waals surface area (Å²) in [5, 5.41) is 10.3. The lowest BCUT2D eigenvalue weighted by Gasteiger charge is -2.31. The molecule has 1 aliphatic heterocycles. The van der Waals surface area contributed by atoms with E-state index in [9.17, 15) is 18.3 Å². The minimum absolute atomic E-state index is 0.108. The van der Waals surface area contributed by atoms with Crippen molar-refractivity contribution in [3.63, 3.8) is 0 Å². The first-order chi connectivity index (χ1) is 15.4. The summed E-state index contributed by atoms with van der Waals surface area (Å²) >= 11 is 1.09. The Labute approximate surface area is 189 Å². The molecule has 0 bridgehead atoms. The Morgan fingerprint density at radius 2 is 1.94 bits per heavy atom. The number of aliphatic hydroxyl groups is 1. The van der Waals surface area contributed by atoms with Crippen molar-refractivity contribution in [2.75, 3.05) is 31.1 Å². The predicted octanol–water partition coefficient (Wildman–Crippen LogP) is 4.65. The van der Waals surface area contributed by atoms with Crippen LogP contribution in [0, 0.1) is 0 Å². The lowest BCUT2D eigenvalue weighted by molar-refractivity contribution is -0.126. The molecular formula is C23H27F3N4OS. The van der Waals surface area contributed by atoms with E-state index < -0.39 is 12.6 Å². The Morgan fingerprint density at radius 3 is 2.69 bits per heavy atom. The number of hydrogen-bond donors (Lipinski definition) is 1. The van der Waals surface area contributed by atoms with Gasteiger partial charge in [-0.3, -0.25) is 4.90 Å². The van der Waals surface area contributed by atoms with Crippen LogP contribution in [-0.4, -0.2) is 58.4 Å². The van der Waals surface area contributed by atoms with Gasteiger partial charge in [0.15, 0.2) is 0 Å². The van der Waals surface area contributed by atoms with Crippen molar-refractivity contribution in [3.05, 3.63) is 53.2 Å². The number of fused-ring (bicyclic) bond motifs is 1. The van der Waals surface area contributed by atoms with Crippen LogP contribution in [0.5, 0.6) is 0 Å². The summed E-state index contributed by atoms with van der Waals surface area (Å²) in [6.45, 7) is 3.07. The zero-order chi connectivity index (χ0) is 22.6. The van der Waals surface area contributed by atoms with Gasteiger partial charge in [-0.15, -0.1) is 11.3 Å². The van der Waals surface area contributed by atoms with Crippen LogP contribution in [0.15, 0.2) is 42.7 Å². The second-order valence-corrected chi connectivity index (χ2v) is 9.29. The normalized spacial score (nSPS) is 17.8. The molecule has 0 radical (unpaired) electrons. The summed E-state index contributed by atoms with van der Waals surface area (Å²) in [6.07, 6.45) is -0.878. The molecule has 1 aromatic carbocycles. The molecule has 2 aromatic heterocycles. The first-order valence-corrected chi connectivity index (χ1v) is 11.7. The van der Waals surface area contributed by atoms with Crippen molar-refractivity contribution in [3.8, 4) is 0 Å². The van der Waals surface area contributed by atoms with Gasteiger partial charge >= 0.3 is 6.18 Å². The van der Waals surface area contributed by atoms with Crippen LogP contribution in [0.25, 0.3) is 10.2 Å². The molecule has 1 saturated heterocycles. The van der Waals surface area contributed by atoms with Gasteiger partial charge in [-0.2, -0.15) is 13.2 Å². The van der Waals surface area contributed by atoms with Gasteiger partial charge in [0.2, 0.25) is 0 Å². The molecule has 1 N–H and O–H groups in total. The lowest BCUT2D eigenvalue weighted by Crippen LogP contribution is -2.37. The molecule has 4 rings (SSSR count). The van der Waals surface area contributed by atoms with Crippen molar-refractivity contribution in [2.24, 2.45) is 0 Å². The molecule has 32 heavy (non-hydrogen) atoms. The third-order valence-electron chi connectivity index (χ3n) is 5.86. The first-order valence-electron chi connectivity index (χ1n) is 10.9. The van der Waals surface area contributed by atoms with E-state index in [-0.39, 0.29) is 11.5 Å². The van der Waals surface area contributed by atoms with Crippen LogP contribution in [0.2, 0.25) is 0 Å². The highest BCUT2D eigenvalue weighted by atomic mass is 32.1. The number of thiophene rings is 1. The smallest absolute Gasteiger partial charge is 0.393 e. The molecule has 3 aromatic rings. The average Bonchev–Trinajstić information content (AvgIpc) is 2.99. The fourth-order valence-corrected chi connectivity index (χ4v) is 5.44. The molecule has 0 amide bonds. The maximum atomic E-state index is 12.9. The Balaban J connectivity index is 1.49. The highest BCUT2D eigenvalue weighted by molar-refractivity contribution is 7.18. The second-order valence-electron chi connectivity index (χ2n) is 8.17. The standard InChI is InChI=1S/C23H27F3N4OS/c24-23(25,26)14-19-13-20-21(27-16-28-22(20)32-19)29-9-4-7-18(8-10-29)30(11-12-31)15-17-5-2-1-3-6-17/h1-3,5-6,13,16,18,31H,4,7-12,14-15H2. The maximum absolute atomic E-state index is 12.9. The van der Waals surface area contributed by atoms with Gasteiger partial charge < -0.3 is 10.0 Å². The van der Waals surface area contributed by atoms with E-state index in [0.717, 1.165) is 56.1 Å². The third-order valence-corrected chi connectivity index (χ3v) is 6.91. The maximum Gasteiger partial charge on any atom is 0.393 e. The van der Waals surface area contributed by atoms with Crippen LogP contribution in [0.3, 0.4) is 0 Å². The molecule has 0 spiro atoms. The van der Waals surface area contributed by atoms with Crippen LogP contribution in [0.1, 0.15) is 29.7 Å². The van der Waals surface area contributed by atoms with Crippen LogP contribution < -0.4 is 4.90 Å². The largest absolute Gasteiger partial charge is 0.395 e. The minimum atomic E-state index is -4.24. The molecule has 0 aliphatic carbocycles. The fraction of sp³-hybridized carbons (Fsp3) is 0.478. The van der Waals surface area contributed by atoms with Gasteiger partial charge in [-0.05, 0) is 30.9 Å². The Hall–Kier alpha value is -2.23. The number of benzene rings is 1. The molecule has 0 saturated carbocycles. The van der Waals surface area contributed by atoms with E-state index in [1.54, 1.807) is 6.07 Å². The van der Waals surface area contributed by atoms with E-state index in [1.807, 2.05) is 18.2 Å². The Kier molecular flexibility index (Phi) is 7.27. The summed E-state index contributed by atoms with van der Waals surface area (Å²) in [7, 11) is 0. The van der Waals surface area contributed by atoms with Crippen molar-refractivity contribution in [1.29, 1.82) is 0 Å². The molecule has 3 heterocycles. The summed E-state index contributed by atoms with van der Waals surface area (Å²) in [5.41, 5.74) is 1.22. The van der Waals surface area contributed by atoms with E-state index in [2.05, 4.69) is 31.9 Å². The molecule has 1 atom stereocenters. The molecule has 5 nitrogen and oxygen atoms in total. The number of rotatable bonds is 7. The number of halogens is 3. The summed E-state index contributed by atoms with van der Waals surface area (Å²) in [4.78, 5) is 14.0. The second kappa shape index (κ2) is 10.1. The zero-order valence-electron chi connectivity index (χ0n) is 17.8. The van der Waals surface area contributed by atoms with Crippen molar-refractivity contribution < 1.29 is 18.3 Å². The average molecular weight is 465 g/mol. The molecule has 1 unspecified atom stereocenters. The first kappa shape index (κ1) is 22.9. The number of anilines is 1. The minimum Gasteiger partial charge on any atom is -0.395 e. The Bertz CT molecular complexity index is 1010. The number of aliphatic hydroxyl groups excluding tert-OH is 1. The molecule has 9 heteroatoms. The van der Waals surface area contributed by atoms with E-state index in [1.165, 1.54) is 11.9 Å². The molecule has 172 valence electrons. The number of hydrogen-bond acceptors (Lipinski definition) is 6. The van der Waals surface area contributed by atoms with E-state index in [0.29, 0.717) is 22.8 Å². The van der Waals surface area contributed by atoms with Crippen LogP contribution >= 0.6 is 11.3 Å². The van der Waals surface area contributed by atoms with Crippen LogP contribution in [0.4, 0.5) is 19.0 Å². The van der Waals surface area contributed by atoms with Gasteiger partial charge in [0.05, 0.1) is 18.4 Å². The molecule has 1 fully saturated rings. The Morgan fingerprint density at radius 1 is 1.12 bits per heavy atom. The van der Waals surface area contributed by atoms with Crippen molar-refractivity contribution in [1.82, 2.24) is 14.9 Å². The summed E-state index contributed by atoms with van der Waals surface area (Å²) in [6, 6.07) is 12.2. The quantitative estimate of drug-likeness (QED) is 0.552. The van der Waals surface area contributed by atoms with Crippen LogP contribution in [-0.2, 0) is 13.0 Å². The van der Waals surface area contributed by atoms with Gasteiger partial charge in [-0.1, -0.05) is 30.3 Å². The highest BCUT2D eigenvalue weighted by Gasteiger charge is 2.30. The summed E-state index contributed by atoms with van der Waals surface area (Å²) < 4.78 is 38.6. The van der Waals surface area contributed by atoms with Crippen molar-refractivity contribution >= 4 is 27.4 Å². The number of nitrogens with zero attached hydrogens (tertiary/aromatic N) is 4. The lowest BCUT2D eigenvalue weighted by atomic mass is 10.1. The van der Waals surface area contributed by atoms with Gasteiger partial charge in [0, 0.05) is 37.1 Å². The topological polar surface area (TPSA) is 52.5 Å². The fourth-order valence-electron chi connectivity index (χ4n) is 4.42. The van der Waals surface area contributed by atoms with Gasteiger partial charge in [0.1, 0.15) is 17.0 Å². The van der Waals surface area contributed by atoms with Gasteiger partial charge in [0.25, 0.3) is 0 Å². The SMILES string of the molecule is OCCN(Cc1ccccc1)C1CCCN(c2ncnc3sc(CC(F)(F)F)cc23)CC1. The van der Waals surface area contributed by atoms with E-state index >= 15 is 0 Å². The van der Waals surface area contributed by atoms with E-state index in [4.69, 9.17) is 0 Å². The summed E-state index contributed by atoms with van der Waals surface area (Å²) in [5.74, 6) is 0.720. The third kappa shape index (κ3) is 5.76. The monoisotopic (exact) mass is 464 g/mol. The predicted molar refractivity (Wildman–Crippen MR) is 121 cm³/mol. The molecule has 1 aliphatic rings. The zero-order valence-corrected chi connectivity index (χ0v) is 18.6. The number of alkyl halides is 3.